The van der Waals surface area contributed by atoms with Crippen molar-refractivity contribution in [2.45, 2.75) is 26.4 Å². The molecule has 0 bridgehead atoms. The molecule has 0 aliphatic carbocycles. The highest BCUT2D eigenvalue weighted by Gasteiger charge is 2.25. The van der Waals surface area contributed by atoms with Crippen molar-refractivity contribution >= 4 is 22.4 Å². The molecule has 1 aromatic heterocycles. The Labute approximate surface area is 105 Å². The minimum absolute atomic E-state index is 0.166. The number of nitrogens with two attached hydrogens (primary N) is 1. The van der Waals surface area contributed by atoms with Gasteiger partial charge in [0.15, 0.2) is 5.13 Å². The highest BCUT2D eigenvalue weighted by molar-refractivity contribution is 7.15. The molecule has 1 fully saturated rings. The molecule has 0 spiro atoms. The molecular weight excluding hydrogens is 236 g/mol. The number of nitrogens with zero attached hydrogens (tertiary/aromatic N) is 3. The third-order valence-corrected chi connectivity index (χ3v) is 3.88. The van der Waals surface area contributed by atoms with Gasteiger partial charge in [0.25, 0.3) is 0 Å². The zero-order valence-electron chi connectivity index (χ0n) is 10.2. The number of nitrogen functional groups attached to an aromatic ring is 1. The van der Waals surface area contributed by atoms with Crippen LogP contribution >= 0.6 is 11.3 Å². The minimum atomic E-state index is 0.166. The summed E-state index contributed by atoms with van der Waals surface area (Å²) in [5, 5.41) is 0.621. The van der Waals surface area contributed by atoms with Crippen LogP contribution in [0.5, 0.6) is 0 Å². The average molecular weight is 254 g/mol. The molecule has 1 aliphatic heterocycles. The lowest BCUT2D eigenvalue weighted by Crippen LogP contribution is -2.52. The Morgan fingerprint density at radius 2 is 2.41 bits per heavy atom. The first-order valence-corrected chi connectivity index (χ1v) is 6.57. The highest BCUT2D eigenvalue weighted by Crippen LogP contribution is 2.18. The van der Waals surface area contributed by atoms with Crippen molar-refractivity contribution < 1.29 is 4.79 Å². The number of aromatic nitrogens is 1. The Bertz CT molecular complexity index is 406. The van der Waals surface area contributed by atoms with Crippen LogP contribution in [0.4, 0.5) is 5.13 Å². The van der Waals surface area contributed by atoms with Crippen molar-refractivity contribution in [3.05, 3.63) is 11.1 Å². The van der Waals surface area contributed by atoms with Crippen LogP contribution in [0.2, 0.25) is 0 Å². The first-order valence-electron chi connectivity index (χ1n) is 5.76. The van der Waals surface area contributed by atoms with Crippen molar-refractivity contribution in [3.63, 3.8) is 0 Å². The predicted octanol–water partition coefficient (Wildman–Crippen LogP) is 0.778. The number of piperazine rings is 1. The van der Waals surface area contributed by atoms with E-state index in [1.54, 1.807) is 6.92 Å². The van der Waals surface area contributed by atoms with E-state index in [1.165, 1.54) is 16.2 Å². The van der Waals surface area contributed by atoms with Gasteiger partial charge < -0.3 is 10.6 Å². The monoisotopic (exact) mass is 254 g/mol. The summed E-state index contributed by atoms with van der Waals surface area (Å²) in [6, 6.07) is 0.284. The number of anilines is 1. The standard InChI is InChI=1S/C11H18N4OS/c1-8-6-14(3-4-15(8)9(2)16)7-10-5-13-11(12)17-10/h5,8H,3-4,6-7H2,1-2H3,(H2,12,13)/t8-/m0/s1. The first kappa shape index (κ1) is 12.3. The molecule has 94 valence electrons. The summed E-state index contributed by atoms with van der Waals surface area (Å²) in [5.74, 6) is 0.166. The summed E-state index contributed by atoms with van der Waals surface area (Å²) < 4.78 is 0. The van der Waals surface area contributed by atoms with E-state index in [9.17, 15) is 4.79 Å². The summed E-state index contributed by atoms with van der Waals surface area (Å²) in [7, 11) is 0. The number of rotatable bonds is 2. The zero-order valence-corrected chi connectivity index (χ0v) is 11.0. The quantitative estimate of drug-likeness (QED) is 0.847. The fourth-order valence-electron chi connectivity index (χ4n) is 2.26. The van der Waals surface area contributed by atoms with Gasteiger partial charge in [-0.2, -0.15) is 0 Å². The normalized spacial score (nSPS) is 21.8. The second kappa shape index (κ2) is 5.01. The van der Waals surface area contributed by atoms with E-state index >= 15 is 0 Å². The van der Waals surface area contributed by atoms with E-state index in [4.69, 9.17) is 5.73 Å². The average Bonchev–Trinajstić information content (AvgIpc) is 2.63. The molecule has 2 N–H and O–H groups in total. The van der Waals surface area contributed by atoms with E-state index < -0.39 is 0 Å². The van der Waals surface area contributed by atoms with Gasteiger partial charge in [0.2, 0.25) is 5.91 Å². The van der Waals surface area contributed by atoms with Gasteiger partial charge in [-0.25, -0.2) is 4.98 Å². The van der Waals surface area contributed by atoms with Gasteiger partial charge in [-0.05, 0) is 6.92 Å². The minimum Gasteiger partial charge on any atom is -0.375 e. The molecule has 17 heavy (non-hydrogen) atoms. The highest BCUT2D eigenvalue weighted by atomic mass is 32.1. The Balaban J connectivity index is 1.91. The SMILES string of the molecule is CC(=O)N1CCN(Cc2cnc(N)s2)C[C@@H]1C. The second-order valence-electron chi connectivity index (χ2n) is 4.46. The lowest BCUT2D eigenvalue weighted by molar-refractivity contribution is -0.133. The third kappa shape index (κ3) is 2.95. The van der Waals surface area contributed by atoms with Gasteiger partial charge >= 0.3 is 0 Å². The fourth-order valence-corrected chi connectivity index (χ4v) is 2.99. The smallest absolute Gasteiger partial charge is 0.219 e. The molecule has 1 saturated heterocycles. The number of hydrogen-bond donors (Lipinski definition) is 1. The van der Waals surface area contributed by atoms with Crippen molar-refractivity contribution in [1.29, 1.82) is 0 Å². The van der Waals surface area contributed by atoms with E-state index in [0.717, 1.165) is 26.2 Å². The van der Waals surface area contributed by atoms with Gasteiger partial charge in [0.05, 0.1) is 0 Å². The molecule has 1 atom stereocenters. The molecule has 6 heteroatoms. The summed E-state index contributed by atoms with van der Waals surface area (Å²) >= 11 is 1.53. The molecule has 2 rings (SSSR count). The zero-order chi connectivity index (χ0) is 12.4. The van der Waals surface area contributed by atoms with Gasteiger partial charge in [-0.3, -0.25) is 9.69 Å². The maximum atomic E-state index is 11.4. The van der Waals surface area contributed by atoms with Crippen LogP contribution in [-0.2, 0) is 11.3 Å². The molecule has 0 aromatic carbocycles. The Hall–Kier alpha value is -1.14. The molecule has 5 nitrogen and oxygen atoms in total. The lowest BCUT2D eigenvalue weighted by Gasteiger charge is -2.39. The topological polar surface area (TPSA) is 62.5 Å². The number of thiazole rings is 1. The molecule has 1 amide bonds. The van der Waals surface area contributed by atoms with E-state index in [0.29, 0.717) is 5.13 Å². The molecule has 0 unspecified atom stereocenters. The van der Waals surface area contributed by atoms with E-state index in [-0.39, 0.29) is 11.9 Å². The number of amides is 1. The third-order valence-electron chi connectivity index (χ3n) is 3.07. The Kier molecular flexibility index (Phi) is 3.63. The van der Waals surface area contributed by atoms with Crippen molar-refractivity contribution in [3.8, 4) is 0 Å². The first-order chi connectivity index (χ1) is 8.06. The van der Waals surface area contributed by atoms with Crippen LogP contribution < -0.4 is 5.73 Å². The number of hydrogen-bond acceptors (Lipinski definition) is 5. The molecule has 0 saturated carbocycles. The van der Waals surface area contributed by atoms with Gasteiger partial charge in [0, 0.05) is 50.2 Å². The predicted molar refractivity (Wildman–Crippen MR) is 68.7 cm³/mol. The fraction of sp³-hybridized carbons (Fsp3) is 0.636. The van der Waals surface area contributed by atoms with Crippen molar-refractivity contribution in [2.75, 3.05) is 25.4 Å². The van der Waals surface area contributed by atoms with Gasteiger partial charge in [0.1, 0.15) is 0 Å². The van der Waals surface area contributed by atoms with Gasteiger partial charge in [-0.15, -0.1) is 11.3 Å². The molecule has 0 radical (unpaired) electrons. The maximum absolute atomic E-state index is 11.4. The summed E-state index contributed by atoms with van der Waals surface area (Å²) in [6.07, 6.45) is 1.84. The Morgan fingerprint density at radius 1 is 1.65 bits per heavy atom. The van der Waals surface area contributed by atoms with Crippen molar-refractivity contribution in [1.82, 2.24) is 14.8 Å². The maximum Gasteiger partial charge on any atom is 0.219 e. The molecule has 1 aliphatic rings. The van der Waals surface area contributed by atoms with E-state index in [2.05, 4.69) is 16.8 Å². The summed E-state index contributed by atoms with van der Waals surface area (Å²) in [4.78, 5) is 20.9. The van der Waals surface area contributed by atoms with Gasteiger partial charge in [-0.1, -0.05) is 0 Å². The van der Waals surface area contributed by atoms with Crippen molar-refractivity contribution in [2.24, 2.45) is 0 Å². The lowest BCUT2D eigenvalue weighted by atomic mass is 10.2. The van der Waals surface area contributed by atoms with Crippen LogP contribution in [-0.4, -0.2) is 46.4 Å². The van der Waals surface area contributed by atoms with E-state index in [1.807, 2.05) is 11.1 Å². The molecule has 2 heterocycles. The van der Waals surface area contributed by atoms with Crippen LogP contribution in [0.15, 0.2) is 6.20 Å². The Morgan fingerprint density at radius 3 is 2.94 bits per heavy atom. The van der Waals surface area contributed by atoms with Crippen LogP contribution in [0.25, 0.3) is 0 Å². The van der Waals surface area contributed by atoms with Crippen LogP contribution in [0, 0.1) is 0 Å². The molecular formula is C11H18N4OS. The van der Waals surface area contributed by atoms with Crippen LogP contribution in [0.1, 0.15) is 18.7 Å². The molecule has 1 aromatic rings. The largest absolute Gasteiger partial charge is 0.375 e. The number of carbonyl (C=O) groups is 1. The van der Waals surface area contributed by atoms with Crippen LogP contribution in [0.3, 0.4) is 0 Å². The number of carbonyl (C=O) groups excluding carboxylic acids is 1. The summed E-state index contributed by atoms with van der Waals surface area (Å²) in [5.41, 5.74) is 5.61. The second-order valence-corrected chi connectivity index (χ2v) is 5.61. The summed E-state index contributed by atoms with van der Waals surface area (Å²) in [6.45, 7) is 7.25.